The first-order valence-electron chi connectivity index (χ1n) is 13.0. The third kappa shape index (κ3) is 4.76. The molecule has 0 atom stereocenters. The minimum Gasteiger partial charge on any atom is -0.365 e. The third-order valence-corrected chi connectivity index (χ3v) is 9.00. The van der Waals surface area contributed by atoms with E-state index in [1.807, 2.05) is 31.7 Å². The predicted octanol–water partition coefficient (Wildman–Crippen LogP) is 1.61. The van der Waals surface area contributed by atoms with Crippen molar-refractivity contribution in [2.45, 2.75) is 50.5 Å². The second-order valence-electron chi connectivity index (χ2n) is 10.5. The van der Waals surface area contributed by atoms with Gasteiger partial charge in [0, 0.05) is 57.8 Å². The fraction of sp³-hybridized carbons (Fsp3) is 0.538. The largest absolute Gasteiger partial charge is 0.365 e. The summed E-state index contributed by atoms with van der Waals surface area (Å²) in [5, 5.41) is 9.48. The number of nitriles is 1. The molecule has 202 valence electrons. The molecule has 0 bridgehead atoms. The molecule has 11 nitrogen and oxygen atoms in total. The first-order valence-corrected chi connectivity index (χ1v) is 14.5. The number of imidazole rings is 1. The number of piperazine rings is 1. The Hall–Kier alpha value is -3.43. The molecule has 38 heavy (non-hydrogen) atoms. The molecule has 0 aromatic carbocycles. The number of sulfonamides is 1. The monoisotopic (exact) mass is 539 g/mol. The van der Waals surface area contributed by atoms with E-state index < -0.39 is 15.6 Å². The maximum Gasteiger partial charge on any atom is 0.243 e. The van der Waals surface area contributed by atoms with E-state index in [-0.39, 0.29) is 22.6 Å². The first-order chi connectivity index (χ1) is 18.1. The van der Waals surface area contributed by atoms with Crippen LogP contribution in [0.3, 0.4) is 0 Å². The van der Waals surface area contributed by atoms with Crippen LogP contribution >= 0.6 is 0 Å². The summed E-state index contributed by atoms with van der Waals surface area (Å²) in [4.78, 5) is 35.1. The van der Waals surface area contributed by atoms with E-state index in [0.717, 1.165) is 11.3 Å². The minimum atomic E-state index is -4.00. The first kappa shape index (κ1) is 26.2. The van der Waals surface area contributed by atoms with Gasteiger partial charge in [0.15, 0.2) is 5.65 Å². The van der Waals surface area contributed by atoms with Crippen LogP contribution in [0.5, 0.6) is 0 Å². The molecule has 2 aliphatic heterocycles. The van der Waals surface area contributed by atoms with Gasteiger partial charge in [0.1, 0.15) is 10.4 Å². The van der Waals surface area contributed by atoms with Crippen LogP contribution in [0.1, 0.15) is 45.7 Å². The highest BCUT2D eigenvalue weighted by molar-refractivity contribution is 7.89. The van der Waals surface area contributed by atoms with Crippen LogP contribution in [-0.4, -0.2) is 84.2 Å². The average Bonchev–Trinajstić information content (AvgIpc) is 3.29. The molecule has 1 N–H and O–H groups in total. The van der Waals surface area contributed by atoms with Gasteiger partial charge in [-0.05, 0) is 24.5 Å². The van der Waals surface area contributed by atoms with Gasteiger partial charge in [-0.3, -0.25) is 14.0 Å². The molecule has 4 heterocycles. The number of carbonyl (C=O) groups is 2. The quantitative estimate of drug-likeness (QED) is 0.566. The number of carbonyl (C=O) groups excluding carboxylic acids is 2. The highest BCUT2D eigenvalue weighted by Crippen LogP contribution is 2.37. The second kappa shape index (κ2) is 9.71. The summed E-state index contributed by atoms with van der Waals surface area (Å²) >= 11 is 0. The molecular formula is C26H33N7O4S. The lowest BCUT2D eigenvalue weighted by atomic mass is 10.1. The van der Waals surface area contributed by atoms with Gasteiger partial charge in [0.2, 0.25) is 21.8 Å². The Bertz CT molecular complexity index is 1460. The van der Waals surface area contributed by atoms with E-state index in [0.29, 0.717) is 69.9 Å². The highest BCUT2D eigenvalue weighted by Gasteiger charge is 2.47. The Morgan fingerprint density at radius 1 is 1.18 bits per heavy atom. The van der Waals surface area contributed by atoms with E-state index >= 15 is 0 Å². The molecule has 0 radical (unpaired) electrons. The van der Waals surface area contributed by atoms with Crippen LogP contribution < -0.4 is 9.62 Å². The Balaban J connectivity index is 1.53. The summed E-state index contributed by atoms with van der Waals surface area (Å²) in [5.74, 6) is 0.0682. The number of pyridine rings is 1. The van der Waals surface area contributed by atoms with E-state index in [9.17, 15) is 23.3 Å². The van der Waals surface area contributed by atoms with Crippen molar-refractivity contribution in [1.29, 1.82) is 5.26 Å². The maximum atomic E-state index is 13.4. The molecule has 12 heteroatoms. The van der Waals surface area contributed by atoms with Gasteiger partial charge in [-0.1, -0.05) is 26.8 Å². The summed E-state index contributed by atoms with van der Waals surface area (Å²) in [6.07, 6.45) is 6.60. The molecular weight excluding hydrogens is 506 g/mol. The second-order valence-corrected chi connectivity index (χ2v) is 12.2. The average molecular weight is 540 g/mol. The van der Waals surface area contributed by atoms with Crippen molar-refractivity contribution in [3.05, 3.63) is 30.2 Å². The molecule has 2 aromatic heterocycles. The molecule has 0 unspecified atom stereocenters. The van der Waals surface area contributed by atoms with Crippen LogP contribution in [0.25, 0.3) is 11.2 Å². The zero-order valence-corrected chi connectivity index (χ0v) is 22.8. The van der Waals surface area contributed by atoms with Crippen molar-refractivity contribution in [1.82, 2.24) is 23.9 Å². The lowest BCUT2D eigenvalue weighted by Gasteiger charge is -2.37. The van der Waals surface area contributed by atoms with Crippen LogP contribution in [0.2, 0.25) is 0 Å². The van der Waals surface area contributed by atoms with E-state index in [4.69, 9.17) is 0 Å². The van der Waals surface area contributed by atoms with Crippen molar-refractivity contribution < 1.29 is 18.0 Å². The van der Waals surface area contributed by atoms with Crippen molar-refractivity contribution in [2.24, 2.45) is 5.92 Å². The number of fused-ring (bicyclic) bond motifs is 1. The van der Waals surface area contributed by atoms with Crippen LogP contribution in [0.15, 0.2) is 29.4 Å². The van der Waals surface area contributed by atoms with Crippen LogP contribution in [0, 0.1) is 17.2 Å². The van der Waals surface area contributed by atoms with Gasteiger partial charge < -0.3 is 14.7 Å². The number of aromatic nitrogens is 2. The summed E-state index contributed by atoms with van der Waals surface area (Å²) in [5.41, 5.74) is 1.82. The SMILES string of the molecule is CCC(=O)N1CC=C(c2cnc3c(N4CCN(C(=O)C(C)C)CC4)cc(S(=O)(=O)NC4(C#N)CC4)cn23)C1. The molecule has 1 aliphatic carbocycles. The molecule has 5 rings (SSSR count). The summed E-state index contributed by atoms with van der Waals surface area (Å²) in [7, 11) is -4.00. The van der Waals surface area contributed by atoms with E-state index in [1.54, 1.807) is 27.8 Å². The highest BCUT2D eigenvalue weighted by atomic mass is 32.2. The molecule has 1 saturated carbocycles. The number of nitrogens with zero attached hydrogens (tertiary/aromatic N) is 6. The van der Waals surface area contributed by atoms with Crippen molar-refractivity contribution >= 4 is 38.7 Å². The van der Waals surface area contributed by atoms with Gasteiger partial charge in [-0.2, -0.15) is 9.98 Å². The Morgan fingerprint density at radius 2 is 1.89 bits per heavy atom. The molecule has 3 aliphatic rings. The Labute approximate surface area is 222 Å². The summed E-state index contributed by atoms with van der Waals surface area (Å²) in [6.45, 7) is 8.65. The number of amides is 2. The fourth-order valence-electron chi connectivity index (χ4n) is 5.03. The number of hydrogen-bond acceptors (Lipinski definition) is 7. The topological polar surface area (TPSA) is 131 Å². The van der Waals surface area contributed by atoms with Crippen molar-refractivity contribution in [3.8, 4) is 6.07 Å². The van der Waals surface area contributed by atoms with E-state index in [2.05, 4.69) is 20.7 Å². The van der Waals surface area contributed by atoms with Gasteiger partial charge in [0.05, 0.1) is 23.6 Å². The zero-order chi connectivity index (χ0) is 27.2. The molecule has 0 spiro atoms. The fourth-order valence-corrected chi connectivity index (χ4v) is 6.42. The number of nitrogens with one attached hydrogen (secondary N) is 1. The summed E-state index contributed by atoms with van der Waals surface area (Å²) < 4.78 is 31.2. The van der Waals surface area contributed by atoms with E-state index in [1.165, 1.54) is 0 Å². The smallest absolute Gasteiger partial charge is 0.243 e. The number of rotatable bonds is 7. The lowest BCUT2D eigenvalue weighted by Crippen LogP contribution is -2.50. The maximum absolute atomic E-state index is 13.4. The minimum absolute atomic E-state index is 0.0431. The van der Waals surface area contributed by atoms with Gasteiger partial charge in [-0.25, -0.2) is 13.4 Å². The van der Waals surface area contributed by atoms with Gasteiger partial charge in [0.25, 0.3) is 0 Å². The number of anilines is 1. The van der Waals surface area contributed by atoms with Gasteiger partial charge in [-0.15, -0.1) is 0 Å². The molecule has 2 aromatic rings. The normalized spacial score (nSPS) is 19.1. The molecule has 2 amide bonds. The Morgan fingerprint density at radius 3 is 2.50 bits per heavy atom. The molecule has 1 saturated heterocycles. The Kier molecular flexibility index (Phi) is 6.69. The van der Waals surface area contributed by atoms with Crippen molar-refractivity contribution in [2.75, 3.05) is 44.2 Å². The number of hydrogen-bond donors (Lipinski definition) is 1. The lowest BCUT2D eigenvalue weighted by molar-refractivity contribution is -0.134. The van der Waals surface area contributed by atoms with Crippen molar-refractivity contribution in [3.63, 3.8) is 0 Å². The zero-order valence-electron chi connectivity index (χ0n) is 22.0. The van der Waals surface area contributed by atoms with Gasteiger partial charge >= 0.3 is 0 Å². The standard InChI is InChI=1S/C26H33N7O4S/c1-4-23(34)32-8-5-19(15-32)22-14-28-24-21(30-9-11-31(12-10-30)25(35)18(2)3)13-20(16-33(22)24)38(36,37)29-26(17-27)6-7-26/h5,13-14,16,18,29H,4,6-12,15H2,1-3H3. The molecule has 2 fully saturated rings. The van der Waals surface area contributed by atoms with Crippen LogP contribution in [-0.2, 0) is 19.6 Å². The van der Waals surface area contributed by atoms with Crippen LogP contribution in [0.4, 0.5) is 5.69 Å². The predicted molar refractivity (Wildman–Crippen MR) is 142 cm³/mol. The third-order valence-electron chi connectivity index (χ3n) is 7.49. The summed E-state index contributed by atoms with van der Waals surface area (Å²) in [6, 6.07) is 3.70.